The molecule has 0 radical (unpaired) electrons. The molecule has 1 fully saturated rings. The molecule has 0 spiro atoms. The second-order valence-electron chi connectivity index (χ2n) is 2.46. The van der Waals surface area contributed by atoms with E-state index in [9.17, 15) is 4.79 Å². The number of rotatable bonds is 2. The van der Waals surface area contributed by atoms with E-state index in [2.05, 4.69) is 11.9 Å². The minimum Gasteiger partial charge on any atom is -0.480 e. The van der Waals surface area contributed by atoms with Gasteiger partial charge in [-0.2, -0.15) is 0 Å². The molecule has 10 heavy (non-hydrogen) atoms. The van der Waals surface area contributed by atoms with Crippen LogP contribution >= 0.6 is 0 Å². The standard InChI is InChI=1S/C7H11NO2/c1-2-5-3-4-8-6(5)7(9)10/h2,5-6,8H,1,3-4H2,(H,9,10)/t5-,6+/m1/s1. The Hall–Kier alpha value is -0.830. The molecule has 0 aromatic heterocycles. The third kappa shape index (κ3) is 1.19. The van der Waals surface area contributed by atoms with Crippen molar-refractivity contribution in [2.75, 3.05) is 6.54 Å². The maximum atomic E-state index is 10.5. The van der Waals surface area contributed by atoms with Gasteiger partial charge in [-0.15, -0.1) is 6.58 Å². The van der Waals surface area contributed by atoms with E-state index in [0.29, 0.717) is 0 Å². The maximum absolute atomic E-state index is 10.5. The molecule has 1 aliphatic heterocycles. The number of hydrogen-bond acceptors (Lipinski definition) is 2. The summed E-state index contributed by atoms with van der Waals surface area (Å²) in [6.45, 7) is 4.36. The molecule has 0 saturated carbocycles. The molecule has 0 aliphatic carbocycles. The van der Waals surface area contributed by atoms with E-state index in [0.717, 1.165) is 13.0 Å². The van der Waals surface area contributed by atoms with Crippen molar-refractivity contribution in [1.29, 1.82) is 0 Å². The Morgan fingerprint density at radius 1 is 1.80 bits per heavy atom. The smallest absolute Gasteiger partial charge is 0.321 e. The summed E-state index contributed by atoms with van der Waals surface area (Å²) >= 11 is 0. The van der Waals surface area contributed by atoms with E-state index in [1.54, 1.807) is 6.08 Å². The molecule has 0 unspecified atom stereocenters. The van der Waals surface area contributed by atoms with Gasteiger partial charge in [-0.25, -0.2) is 0 Å². The third-order valence-electron chi connectivity index (χ3n) is 1.84. The molecule has 1 aliphatic rings. The van der Waals surface area contributed by atoms with E-state index in [-0.39, 0.29) is 5.92 Å². The fourth-order valence-electron chi connectivity index (χ4n) is 1.25. The van der Waals surface area contributed by atoms with E-state index < -0.39 is 12.0 Å². The predicted molar refractivity (Wildman–Crippen MR) is 37.7 cm³/mol. The number of carboxylic acid groups (broad SMARTS) is 1. The average molecular weight is 141 g/mol. The van der Waals surface area contributed by atoms with Gasteiger partial charge in [-0.1, -0.05) is 6.08 Å². The quantitative estimate of drug-likeness (QED) is 0.541. The van der Waals surface area contributed by atoms with Crippen molar-refractivity contribution in [3.63, 3.8) is 0 Å². The number of carboxylic acids is 1. The normalized spacial score (nSPS) is 32.0. The first-order chi connectivity index (χ1) is 4.75. The average Bonchev–Trinajstić information content (AvgIpc) is 2.33. The second kappa shape index (κ2) is 2.84. The molecule has 56 valence electrons. The molecule has 0 amide bonds. The molecule has 1 heterocycles. The lowest BCUT2D eigenvalue weighted by Gasteiger charge is -2.09. The largest absolute Gasteiger partial charge is 0.480 e. The Labute approximate surface area is 59.7 Å². The minimum absolute atomic E-state index is 0.109. The van der Waals surface area contributed by atoms with Crippen LogP contribution in [0.5, 0.6) is 0 Å². The summed E-state index contributed by atoms with van der Waals surface area (Å²) in [6.07, 6.45) is 2.60. The Kier molecular flexibility index (Phi) is 2.06. The van der Waals surface area contributed by atoms with Gasteiger partial charge < -0.3 is 10.4 Å². The maximum Gasteiger partial charge on any atom is 0.321 e. The first-order valence-corrected chi connectivity index (χ1v) is 3.34. The van der Waals surface area contributed by atoms with Crippen molar-refractivity contribution in [1.82, 2.24) is 5.32 Å². The van der Waals surface area contributed by atoms with Crippen molar-refractivity contribution < 1.29 is 9.90 Å². The lowest BCUT2D eigenvalue weighted by atomic mass is 10.0. The Morgan fingerprint density at radius 2 is 2.50 bits per heavy atom. The number of hydrogen-bond donors (Lipinski definition) is 2. The van der Waals surface area contributed by atoms with Crippen LogP contribution in [0.2, 0.25) is 0 Å². The zero-order chi connectivity index (χ0) is 7.56. The zero-order valence-corrected chi connectivity index (χ0v) is 5.71. The van der Waals surface area contributed by atoms with Gasteiger partial charge in [-0.05, 0) is 13.0 Å². The first kappa shape index (κ1) is 7.28. The molecule has 1 rings (SSSR count). The van der Waals surface area contributed by atoms with Gasteiger partial charge in [0.25, 0.3) is 0 Å². The summed E-state index contributed by atoms with van der Waals surface area (Å²) in [4.78, 5) is 10.5. The molecule has 0 aromatic rings. The summed E-state index contributed by atoms with van der Waals surface area (Å²) in [5, 5.41) is 11.5. The highest BCUT2D eigenvalue weighted by molar-refractivity contribution is 5.74. The van der Waals surface area contributed by atoms with Crippen LogP contribution in [0.3, 0.4) is 0 Å². The highest BCUT2D eigenvalue weighted by Crippen LogP contribution is 2.15. The molecule has 2 atom stereocenters. The summed E-state index contributed by atoms with van der Waals surface area (Å²) in [5.74, 6) is -0.667. The Morgan fingerprint density at radius 3 is 2.90 bits per heavy atom. The van der Waals surface area contributed by atoms with Crippen molar-refractivity contribution in [2.24, 2.45) is 5.92 Å². The summed E-state index contributed by atoms with van der Waals surface area (Å²) in [7, 11) is 0. The Balaban J connectivity index is 2.58. The van der Waals surface area contributed by atoms with Crippen LogP contribution in [0.15, 0.2) is 12.7 Å². The zero-order valence-electron chi connectivity index (χ0n) is 5.71. The number of aliphatic carboxylic acids is 1. The van der Waals surface area contributed by atoms with Crippen molar-refractivity contribution in [2.45, 2.75) is 12.5 Å². The van der Waals surface area contributed by atoms with Gasteiger partial charge in [0.05, 0.1) is 0 Å². The minimum atomic E-state index is -0.776. The van der Waals surface area contributed by atoms with Crippen LogP contribution in [-0.2, 0) is 4.79 Å². The van der Waals surface area contributed by atoms with E-state index in [4.69, 9.17) is 5.11 Å². The van der Waals surface area contributed by atoms with Crippen molar-refractivity contribution in [3.05, 3.63) is 12.7 Å². The van der Waals surface area contributed by atoms with Crippen molar-refractivity contribution >= 4 is 5.97 Å². The van der Waals surface area contributed by atoms with Crippen LogP contribution in [0.25, 0.3) is 0 Å². The second-order valence-corrected chi connectivity index (χ2v) is 2.46. The van der Waals surface area contributed by atoms with Crippen LogP contribution in [0.4, 0.5) is 0 Å². The lowest BCUT2D eigenvalue weighted by molar-refractivity contribution is -0.139. The Bertz CT molecular complexity index is 156. The van der Waals surface area contributed by atoms with Crippen LogP contribution < -0.4 is 5.32 Å². The molecular weight excluding hydrogens is 130 g/mol. The molecule has 0 aromatic carbocycles. The molecule has 3 nitrogen and oxygen atoms in total. The van der Waals surface area contributed by atoms with E-state index in [1.807, 2.05) is 0 Å². The summed E-state index contributed by atoms with van der Waals surface area (Å²) < 4.78 is 0. The molecule has 1 saturated heterocycles. The topological polar surface area (TPSA) is 49.3 Å². The third-order valence-corrected chi connectivity index (χ3v) is 1.84. The summed E-state index contributed by atoms with van der Waals surface area (Å²) in [6, 6.07) is -0.405. The highest BCUT2D eigenvalue weighted by Gasteiger charge is 2.29. The molecular formula is C7H11NO2. The van der Waals surface area contributed by atoms with Gasteiger partial charge in [0.2, 0.25) is 0 Å². The monoisotopic (exact) mass is 141 g/mol. The lowest BCUT2D eigenvalue weighted by Crippen LogP contribution is -2.34. The molecule has 0 bridgehead atoms. The van der Waals surface area contributed by atoms with Gasteiger partial charge >= 0.3 is 5.97 Å². The first-order valence-electron chi connectivity index (χ1n) is 3.34. The van der Waals surface area contributed by atoms with Gasteiger partial charge in [0.15, 0.2) is 0 Å². The van der Waals surface area contributed by atoms with Crippen LogP contribution in [0, 0.1) is 5.92 Å². The molecule has 2 N–H and O–H groups in total. The van der Waals surface area contributed by atoms with E-state index >= 15 is 0 Å². The number of nitrogens with one attached hydrogen (secondary N) is 1. The predicted octanol–water partition coefficient (Wildman–Crippen LogP) is 0.235. The van der Waals surface area contributed by atoms with Crippen molar-refractivity contribution in [3.8, 4) is 0 Å². The molecule has 3 heteroatoms. The number of carbonyl (C=O) groups is 1. The summed E-state index contributed by atoms with van der Waals surface area (Å²) in [5.41, 5.74) is 0. The van der Waals surface area contributed by atoms with Gasteiger partial charge in [0, 0.05) is 5.92 Å². The van der Waals surface area contributed by atoms with E-state index in [1.165, 1.54) is 0 Å². The van der Waals surface area contributed by atoms with Gasteiger partial charge in [0.1, 0.15) is 6.04 Å². The van der Waals surface area contributed by atoms with Gasteiger partial charge in [-0.3, -0.25) is 4.79 Å². The van der Waals surface area contributed by atoms with Crippen LogP contribution in [0.1, 0.15) is 6.42 Å². The highest BCUT2D eigenvalue weighted by atomic mass is 16.4. The van der Waals surface area contributed by atoms with Crippen LogP contribution in [-0.4, -0.2) is 23.7 Å². The fourth-order valence-corrected chi connectivity index (χ4v) is 1.25. The fraction of sp³-hybridized carbons (Fsp3) is 0.571. The SMILES string of the molecule is C=C[C@@H]1CCN[C@@H]1C(=O)O.